The van der Waals surface area contributed by atoms with Crippen molar-refractivity contribution < 1.29 is 24.7 Å². The fourth-order valence-corrected chi connectivity index (χ4v) is 5.57. The summed E-state index contributed by atoms with van der Waals surface area (Å²) in [5.74, 6) is 0. The Balaban J connectivity index is 0.000000182. The number of nitrogens with zero attached hydrogens (tertiary/aromatic N) is 3. The number of aryl methyl sites for hydroxylation is 3. The third-order valence-corrected chi connectivity index (χ3v) is 8.09. The van der Waals surface area contributed by atoms with Crippen molar-refractivity contribution in [3.05, 3.63) is 131 Å². The van der Waals surface area contributed by atoms with E-state index in [1.165, 1.54) is 44.6 Å². The molecule has 3 nitrogen and oxygen atoms in total. The average molecular weight is 712 g/mol. The molecule has 0 saturated heterocycles. The summed E-state index contributed by atoms with van der Waals surface area (Å²) in [5, 5.41) is 0. The Morgan fingerprint density at radius 2 is 1.49 bits per heavy atom. The van der Waals surface area contributed by atoms with Gasteiger partial charge in [-0.3, -0.25) is 0 Å². The molecule has 0 saturated carbocycles. The predicted molar refractivity (Wildman–Crippen MR) is 164 cm³/mol. The van der Waals surface area contributed by atoms with Gasteiger partial charge < -0.3 is 4.98 Å². The molecule has 0 N–H and O–H groups in total. The first-order chi connectivity index (χ1) is 19.2. The molecular formula is C37H33IrN3. The van der Waals surface area contributed by atoms with Crippen LogP contribution in [0, 0.1) is 32.9 Å². The largest absolute Gasteiger partial charge is 0.494 e. The first-order valence-corrected chi connectivity index (χ1v) is 13.7. The zero-order chi connectivity index (χ0) is 28.0. The Labute approximate surface area is 256 Å². The van der Waals surface area contributed by atoms with E-state index in [1.54, 1.807) is 0 Å². The van der Waals surface area contributed by atoms with E-state index in [0.29, 0.717) is 0 Å². The van der Waals surface area contributed by atoms with E-state index in [0.717, 1.165) is 22.6 Å². The molecule has 0 bridgehead atoms. The van der Waals surface area contributed by atoms with Crippen molar-refractivity contribution in [2.45, 2.75) is 40.0 Å². The molecule has 1 aliphatic carbocycles. The van der Waals surface area contributed by atoms with Gasteiger partial charge in [0.15, 0.2) is 7.05 Å². The minimum atomic E-state index is 0. The average Bonchev–Trinajstić information content (AvgIpc) is 3.42. The SMILES string of the molecule is C[N+]1=C=[N+](c2[c-]cc3c(c2)C(C)(C)c2ccccc2-3)c2ccccc21.Cc1c[c-]c(-c2cc(C)c(C)cn2)cc1.[Ir]. The molecule has 0 fully saturated rings. The Morgan fingerprint density at radius 3 is 2.22 bits per heavy atom. The van der Waals surface area contributed by atoms with Crippen molar-refractivity contribution in [2.24, 2.45) is 0 Å². The summed E-state index contributed by atoms with van der Waals surface area (Å²) in [6.07, 6.45) is 1.92. The maximum absolute atomic E-state index is 4.41. The monoisotopic (exact) mass is 712 g/mol. The minimum Gasteiger partial charge on any atom is -0.304 e. The smallest absolute Gasteiger partial charge is 0.304 e. The first kappa shape index (κ1) is 28.6. The number of para-hydroxylation sites is 2. The van der Waals surface area contributed by atoms with Crippen molar-refractivity contribution in [3.8, 4) is 22.4 Å². The van der Waals surface area contributed by atoms with Crippen LogP contribution in [0.3, 0.4) is 0 Å². The number of pyridine rings is 1. The molecule has 1 aromatic heterocycles. The molecule has 41 heavy (non-hydrogen) atoms. The molecule has 2 heterocycles. The molecule has 5 aromatic rings. The standard InChI is InChI=1S/C23H19N2.C14H14N.Ir/c1-23(2)19-9-5-4-8-17(19)18-13-12-16(14-20(18)23)25-15-24(3)21-10-6-7-11-22(21)25;1-10-4-6-13(7-5-10)14-8-11(2)12(3)9-15-14;/h4-11,13-14H,1-3H3;4-6,8-9H,1-3H3;/q+1;-1;. The van der Waals surface area contributed by atoms with Crippen LogP contribution in [0.4, 0.5) is 17.1 Å². The van der Waals surface area contributed by atoms with Crippen LogP contribution in [-0.2, 0) is 25.5 Å². The molecular weight excluding hydrogens is 679 g/mol. The molecule has 7 rings (SSSR count). The number of fused-ring (bicyclic) bond motifs is 4. The molecule has 0 atom stereocenters. The molecule has 0 unspecified atom stereocenters. The molecule has 4 heteroatoms. The summed E-state index contributed by atoms with van der Waals surface area (Å²) in [4.78, 5) is 4.41. The van der Waals surface area contributed by atoms with E-state index in [4.69, 9.17) is 0 Å². The number of hydrogen-bond donors (Lipinski definition) is 0. The van der Waals surface area contributed by atoms with Crippen LogP contribution < -0.4 is 4.58 Å². The summed E-state index contributed by atoms with van der Waals surface area (Å²) in [6.45, 7) is 10.9. The zero-order valence-corrected chi connectivity index (χ0v) is 26.7. The van der Waals surface area contributed by atoms with Crippen LogP contribution in [0.15, 0.2) is 91.1 Å². The van der Waals surface area contributed by atoms with Crippen molar-refractivity contribution in [3.63, 3.8) is 0 Å². The second-order valence-corrected chi connectivity index (χ2v) is 11.2. The quantitative estimate of drug-likeness (QED) is 0.133. The van der Waals surface area contributed by atoms with E-state index in [-0.39, 0.29) is 25.5 Å². The van der Waals surface area contributed by atoms with Gasteiger partial charge in [-0.05, 0) is 36.1 Å². The van der Waals surface area contributed by atoms with Crippen molar-refractivity contribution >= 4 is 23.1 Å². The van der Waals surface area contributed by atoms with Gasteiger partial charge in [-0.25, -0.2) is 0 Å². The fraction of sp³-hybridized carbons (Fsp3) is 0.189. The topological polar surface area (TPSA) is 18.9 Å². The second kappa shape index (κ2) is 11.1. The summed E-state index contributed by atoms with van der Waals surface area (Å²) in [5.41, 5.74) is 14.5. The third kappa shape index (κ3) is 5.16. The molecule has 2 aliphatic rings. The van der Waals surface area contributed by atoms with Gasteiger partial charge in [0.05, 0.1) is 0 Å². The van der Waals surface area contributed by atoms with Crippen molar-refractivity contribution in [1.29, 1.82) is 0 Å². The van der Waals surface area contributed by atoms with Crippen LogP contribution in [0.25, 0.3) is 22.4 Å². The number of rotatable bonds is 2. The van der Waals surface area contributed by atoms with E-state index in [2.05, 4.69) is 141 Å². The fourth-order valence-electron chi connectivity index (χ4n) is 5.57. The van der Waals surface area contributed by atoms with Gasteiger partial charge in [0, 0.05) is 38.4 Å². The molecule has 0 amide bonds. The van der Waals surface area contributed by atoms with Crippen molar-refractivity contribution in [2.75, 3.05) is 7.05 Å². The maximum Gasteiger partial charge on any atom is 0.494 e. The summed E-state index contributed by atoms with van der Waals surface area (Å²) in [7, 11) is 2.03. The number of benzene rings is 4. The van der Waals surface area contributed by atoms with Gasteiger partial charge in [0.25, 0.3) is 11.4 Å². The van der Waals surface area contributed by atoms with E-state index >= 15 is 0 Å². The minimum absolute atomic E-state index is 0. The second-order valence-electron chi connectivity index (χ2n) is 11.2. The third-order valence-electron chi connectivity index (χ3n) is 8.09. The number of aromatic nitrogens is 1. The maximum atomic E-state index is 4.41. The first-order valence-electron chi connectivity index (χ1n) is 13.7. The van der Waals surface area contributed by atoms with Gasteiger partial charge in [-0.2, -0.15) is 6.07 Å². The Bertz CT molecular complexity index is 1840. The van der Waals surface area contributed by atoms with Crippen LogP contribution in [0.5, 0.6) is 0 Å². The number of hydrogen-bond acceptors (Lipinski definition) is 1. The molecule has 205 valence electrons. The zero-order valence-electron chi connectivity index (χ0n) is 24.3. The van der Waals surface area contributed by atoms with Gasteiger partial charge in [-0.15, -0.1) is 52.6 Å². The summed E-state index contributed by atoms with van der Waals surface area (Å²) in [6, 6.07) is 39.9. The van der Waals surface area contributed by atoms with Gasteiger partial charge in [-0.1, -0.05) is 89.6 Å². The molecule has 1 aliphatic heterocycles. The van der Waals surface area contributed by atoms with E-state index in [1.807, 2.05) is 23.9 Å². The summed E-state index contributed by atoms with van der Waals surface area (Å²) >= 11 is 0. The van der Waals surface area contributed by atoms with Crippen LogP contribution in [0.2, 0.25) is 0 Å². The van der Waals surface area contributed by atoms with E-state index in [9.17, 15) is 0 Å². The van der Waals surface area contributed by atoms with Crippen molar-refractivity contribution in [1.82, 2.24) is 9.56 Å². The normalized spacial score (nSPS) is 13.5. The van der Waals surface area contributed by atoms with Crippen LogP contribution in [0.1, 0.15) is 41.7 Å². The predicted octanol–water partition coefficient (Wildman–Crippen LogP) is 8.56. The molecule has 4 aromatic carbocycles. The Kier molecular flexibility index (Phi) is 7.77. The van der Waals surface area contributed by atoms with Gasteiger partial charge >= 0.3 is 6.01 Å². The van der Waals surface area contributed by atoms with Gasteiger partial charge in [0.2, 0.25) is 0 Å². The summed E-state index contributed by atoms with van der Waals surface area (Å²) < 4.78 is 4.14. The van der Waals surface area contributed by atoms with Crippen LogP contribution in [-0.4, -0.2) is 22.6 Å². The van der Waals surface area contributed by atoms with Gasteiger partial charge in [0.1, 0.15) is 5.69 Å². The Hall–Kier alpha value is -3.94. The Morgan fingerprint density at radius 1 is 0.756 bits per heavy atom. The molecule has 1 radical (unpaired) electrons. The molecule has 0 spiro atoms. The van der Waals surface area contributed by atoms with E-state index < -0.39 is 0 Å². The van der Waals surface area contributed by atoms with Crippen LogP contribution >= 0.6 is 0 Å².